The molecule has 1 fully saturated rings. The lowest BCUT2D eigenvalue weighted by atomic mass is 10.0. The number of nitrogen functional groups attached to an aromatic ring is 1. The lowest BCUT2D eigenvalue weighted by Crippen LogP contribution is -2.37. The zero-order chi connectivity index (χ0) is 24.0. The van der Waals surface area contributed by atoms with E-state index in [4.69, 9.17) is 7.10 Å². The fourth-order valence-corrected chi connectivity index (χ4v) is 3.23. The summed E-state index contributed by atoms with van der Waals surface area (Å²) in [6, 6.07) is 6.48. The van der Waals surface area contributed by atoms with E-state index in [1.165, 1.54) is 36.2 Å². The Hall–Kier alpha value is -3.91. The van der Waals surface area contributed by atoms with Crippen LogP contribution in [0.2, 0.25) is 0 Å². The van der Waals surface area contributed by atoms with Crippen LogP contribution in [0.3, 0.4) is 0 Å². The van der Waals surface area contributed by atoms with E-state index in [2.05, 4.69) is 31.5 Å². The van der Waals surface area contributed by atoms with Crippen LogP contribution in [0.15, 0.2) is 36.6 Å². The summed E-state index contributed by atoms with van der Waals surface area (Å²) in [5, 5.41) is 10.5. The first-order valence-electron chi connectivity index (χ1n) is 9.77. The summed E-state index contributed by atoms with van der Waals surface area (Å²) >= 11 is 0. The van der Waals surface area contributed by atoms with Gasteiger partial charge in [-0.25, -0.2) is 15.0 Å². The Bertz CT molecular complexity index is 1340. The van der Waals surface area contributed by atoms with E-state index in [0.717, 1.165) is 6.07 Å². The number of nitrogens with zero attached hydrogens (tertiary/aromatic N) is 4. The van der Waals surface area contributed by atoms with Gasteiger partial charge in [-0.2, -0.15) is 0 Å². The van der Waals surface area contributed by atoms with Gasteiger partial charge in [-0.1, -0.05) is 11.8 Å². The molecule has 0 radical (unpaired) electrons. The average Bonchev–Trinajstić information content (AvgIpc) is 2.99. The van der Waals surface area contributed by atoms with Gasteiger partial charge in [0.2, 0.25) is 5.60 Å². The van der Waals surface area contributed by atoms with Crippen molar-refractivity contribution in [2.75, 3.05) is 19.3 Å². The van der Waals surface area contributed by atoms with Crippen molar-refractivity contribution in [1.82, 2.24) is 19.9 Å². The van der Waals surface area contributed by atoms with Crippen LogP contribution < -0.4 is 10.5 Å². The number of alkyl halides is 3. The number of nitrogens with two attached hydrogens (primary N) is 1. The van der Waals surface area contributed by atoms with E-state index in [1.807, 2.05) is 0 Å². The molecular weight excluding hydrogens is 427 g/mol. The topological polar surface area (TPSA) is 114 Å². The third-order valence-corrected chi connectivity index (χ3v) is 4.86. The first kappa shape index (κ1) is 20.0. The van der Waals surface area contributed by atoms with Crippen LogP contribution in [0.25, 0.3) is 22.3 Å². The van der Waals surface area contributed by atoms with Crippen LogP contribution in [0.4, 0.5) is 19.0 Å². The molecule has 1 aliphatic rings. The zero-order valence-electron chi connectivity index (χ0n) is 17.6. The molecule has 32 heavy (non-hydrogen) atoms. The second kappa shape index (κ2) is 7.65. The van der Waals surface area contributed by atoms with Gasteiger partial charge in [0.15, 0.2) is 5.82 Å². The van der Waals surface area contributed by atoms with E-state index in [1.54, 1.807) is 0 Å². The fourth-order valence-electron chi connectivity index (χ4n) is 3.23. The summed E-state index contributed by atoms with van der Waals surface area (Å²) in [6.45, 7) is 0.332. The van der Waals surface area contributed by atoms with Gasteiger partial charge >= 0.3 is 6.36 Å². The van der Waals surface area contributed by atoms with Crippen molar-refractivity contribution in [3.8, 4) is 28.8 Å². The van der Waals surface area contributed by atoms with Crippen LogP contribution in [-0.4, -0.2) is 56.4 Å². The lowest BCUT2D eigenvalue weighted by molar-refractivity contribution is -0.274. The molecule has 0 bridgehead atoms. The van der Waals surface area contributed by atoms with Crippen LogP contribution >= 0.6 is 0 Å². The molecule has 1 amide bonds. The van der Waals surface area contributed by atoms with Crippen LogP contribution in [0.5, 0.6) is 5.75 Å². The van der Waals surface area contributed by atoms with Gasteiger partial charge in [-0.3, -0.25) is 4.79 Å². The molecule has 4 rings (SSSR count). The molecule has 1 saturated heterocycles. The van der Waals surface area contributed by atoms with Crippen LogP contribution in [0, 0.1) is 11.8 Å². The van der Waals surface area contributed by atoms with Crippen LogP contribution in [-0.2, 0) is 4.79 Å². The summed E-state index contributed by atoms with van der Waals surface area (Å²) < 4.78 is 50.6. The van der Waals surface area contributed by atoms with E-state index in [-0.39, 0.29) is 46.4 Å². The Morgan fingerprint density at radius 3 is 2.78 bits per heavy atom. The number of aliphatic hydroxyl groups is 1. The molecule has 0 spiro atoms. The largest absolute Gasteiger partial charge is 0.573 e. The summed E-state index contributed by atoms with van der Waals surface area (Å²) in [4.78, 5) is 25.3. The fraction of sp³-hybridized carbons (Fsp3) is 0.238. The number of hydrogen-bond acceptors (Lipinski definition) is 7. The van der Waals surface area contributed by atoms with E-state index >= 15 is 0 Å². The summed E-state index contributed by atoms with van der Waals surface area (Å²) in [7, 11) is 1.54. The third kappa shape index (κ3) is 4.13. The Morgan fingerprint density at radius 1 is 1.31 bits per heavy atom. The molecule has 164 valence electrons. The number of amides is 1. The lowest BCUT2D eigenvalue weighted by Gasteiger charge is -2.14. The number of fused-ring (bicyclic) bond motifs is 1. The maximum Gasteiger partial charge on any atom is 0.573 e. The summed E-state index contributed by atoms with van der Waals surface area (Å²) in [6.07, 6.45) is -5.17. The second-order valence-corrected chi connectivity index (χ2v) is 7.12. The molecule has 8 nitrogen and oxygen atoms in total. The number of hydrogen-bond donors (Lipinski definition) is 2. The van der Waals surface area contributed by atoms with Crippen molar-refractivity contribution in [3.63, 3.8) is 0 Å². The van der Waals surface area contributed by atoms with Gasteiger partial charge in [-0.15, -0.1) is 13.2 Å². The smallest absolute Gasteiger partial charge is 0.405 e. The highest BCUT2D eigenvalue weighted by Gasteiger charge is 2.42. The van der Waals surface area contributed by atoms with Crippen LogP contribution in [0.1, 0.15) is 13.4 Å². The number of likely N-dealkylation sites (N-methyl/N-ethyl adjacent to an activating group) is 1. The Labute approximate surface area is 181 Å². The maximum absolute atomic E-state index is 13.0. The first-order valence-corrected chi connectivity index (χ1v) is 9.27. The highest BCUT2D eigenvalue weighted by Crippen LogP contribution is 2.35. The summed E-state index contributed by atoms with van der Waals surface area (Å²) in [5.74, 6) is 3.98. The predicted octanol–water partition coefficient (Wildman–Crippen LogP) is 2.12. The number of benzene rings is 1. The minimum absolute atomic E-state index is 0.0581. The standard InChI is InChI=1S/C21H16F3N5O3/c1-29-9-8-20(31,19(29)30)7-6-12-2-5-16(32-21(22,23)24)13(10-12)14-3-4-15-17(28-14)18(25)27-11-26-15/h2-5,10-11,31H,8-9H2,1H3,(H2,25,26,27)/i11D. The number of carbonyl (C=O) groups excluding carboxylic acids is 1. The second-order valence-electron chi connectivity index (χ2n) is 7.12. The molecular formula is C21H16F3N5O3. The van der Waals surface area contributed by atoms with Gasteiger partial charge in [0.05, 0.1) is 11.2 Å². The molecule has 3 heterocycles. The van der Waals surface area contributed by atoms with Gasteiger partial charge in [-0.05, 0) is 30.3 Å². The molecule has 3 aromatic rings. The van der Waals surface area contributed by atoms with Crippen molar-refractivity contribution < 1.29 is 29.2 Å². The maximum atomic E-state index is 13.0. The first-order chi connectivity index (χ1) is 15.4. The molecule has 11 heteroatoms. The monoisotopic (exact) mass is 444 g/mol. The van der Waals surface area contributed by atoms with Gasteiger partial charge in [0.1, 0.15) is 18.9 Å². The number of rotatable bonds is 2. The van der Waals surface area contributed by atoms with Gasteiger partial charge in [0, 0.05) is 31.1 Å². The van der Waals surface area contributed by atoms with E-state index in [9.17, 15) is 23.1 Å². The molecule has 1 atom stereocenters. The van der Waals surface area contributed by atoms with E-state index < -0.39 is 23.6 Å². The van der Waals surface area contributed by atoms with Crippen molar-refractivity contribution in [2.24, 2.45) is 0 Å². The van der Waals surface area contributed by atoms with Crippen molar-refractivity contribution in [1.29, 1.82) is 0 Å². The molecule has 1 aliphatic heterocycles. The van der Waals surface area contributed by atoms with Crippen molar-refractivity contribution >= 4 is 22.8 Å². The number of halogens is 3. The van der Waals surface area contributed by atoms with Crippen molar-refractivity contribution in [2.45, 2.75) is 18.4 Å². The normalized spacial score (nSPS) is 19.0. The number of likely N-dealkylation sites (tertiary alicyclic amines) is 1. The average molecular weight is 444 g/mol. The molecule has 0 saturated carbocycles. The van der Waals surface area contributed by atoms with Gasteiger partial charge in [0.25, 0.3) is 5.91 Å². The Balaban J connectivity index is 1.81. The molecule has 2 aromatic heterocycles. The predicted molar refractivity (Wildman–Crippen MR) is 108 cm³/mol. The van der Waals surface area contributed by atoms with Gasteiger partial charge < -0.3 is 20.5 Å². The number of ether oxygens (including phenoxy) is 1. The Kier molecular flexibility index (Phi) is 4.79. The molecule has 3 N–H and O–H groups in total. The minimum Gasteiger partial charge on any atom is -0.405 e. The quantitative estimate of drug-likeness (QED) is 0.582. The molecule has 1 aromatic carbocycles. The molecule has 0 aliphatic carbocycles. The SMILES string of the molecule is [2H]c1nc(N)c2nc(-c3cc(C#CC4(O)CCN(C)C4=O)ccc3OC(F)(F)F)ccc2n1. The number of anilines is 1. The third-order valence-electron chi connectivity index (χ3n) is 4.86. The Morgan fingerprint density at radius 2 is 2.09 bits per heavy atom. The highest BCUT2D eigenvalue weighted by atomic mass is 19.4. The number of carbonyl (C=O) groups is 1. The number of pyridine rings is 1. The zero-order valence-corrected chi connectivity index (χ0v) is 16.6. The summed E-state index contributed by atoms with van der Waals surface area (Å²) in [5.41, 5.74) is 4.52. The molecule has 1 unspecified atom stereocenters. The number of aromatic nitrogens is 3. The minimum atomic E-state index is -4.96. The van der Waals surface area contributed by atoms with Crippen molar-refractivity contribution in [3.05, 3.63) is 42.2 Å². The highest BCUT2D eigenvalue weighted by molar-refractivity contribution is 5.90. The van der Waals surface area contributed by atoms with E-state index in [0.29, 0.717) is 6.54 Å².